The first kappa shape index (κ1) is 32.2. The Morgan fingerprint density at radius 1 is 0.894 bits per heavy atom. The van der Waals surface area contributed by atoms with Gasteiger partial charge in [0.2, 0.25) is 5.13 Å². The Bertz CT molecular complexity index is 1930. The molecule has 4 aromatic carbocycles. The van der Waals surface area contributed by atoms with Crippen LogP contribution >= 0.6 is 23.1 Å². The number of nitrogens with zero attached hydrogens (tertiary/aromatic N) is 3. The average Bonchev–Trinajstić information content (AvgIpc) is 3.65. The summed E-state index contributed by atoms with van der Waals surface area (Å²) in [6, 6.07) is 30.2. The maximum absolute atomic E-state index is 13.7. The van der Waals surface area contributed by atoms with Crippen molar-refractivity contribution in [1.29, 1.82) is 0 Å². The van der Waals surface area contributed by atoms with Crippen LogP contribution in [0.4, 0.5) is 5.13 Å². The number of thioether (sulfide) groups is 1. The number of aryl methyl sites for hydroxylation is 2. The molecule has 1 fully saturated rings. The first-order valence-electron chi connectivity index (χ1n) is 15.4. The zero-order valence-corrected chi connectivity index (χ0v) is 28.3. The van der Waals surface area contributed by atoms with E-state index < -0.39 is 17.7 Å². The number of carbonyl (C=O) groups excluding carboxylic acids is 2. The maximum Gasteiger partial charge on any atom is 0.301 e. The number of hydrogen-bond donors (Lipinski definition) is 1. The van der Waals surface area contributed by atoms with E-state index in [-0.39, 0.29) is 11.3 Å². The number of aliphatic hydroxyl groups is 1. The lowest BCUT2D eigenvalue weighted by atomic mass is 9.93. The summed E-state index contributed by atoms with van der Waals surface area (Å²) in [5, 5.41) is 20.6. The number of hydrogen-bond acceptors (Lipinski definition) is 8. The van der Waals surface area contributed by atoms with E-state index in [4.69, 9.17) is 4.74 Å². The molecule has 7 nitrogen and oxygen atoms in total. The van der Waals surface area contributed by atoms with E-state index in [1.807, 2.05) is 56.3 Å². The van der Waals surface area contributed by atoms with Crippen LogP contribution in [0.3, 0.4) is 0 Å². The van der Waals surface area contributed by atoms with Gasteiger partial charge < -0.3 is 9.84 Å². The standard InChI is InChI=1S/C38H35N3O4S2/c1-23(2)28-12-14-29(15-13-28)33-32(34(42)30-16-18-31(19-17-30)45-21-27-7-5-6-25(4)20-27)35(43)36(44)41(33)37-39-40-38(47-37)46-22-26-10-8-24(3)9-11-26/h5-20,23,33,42H,21-22H2,1-4H3. The molecule has 0 aliphatic carbocycles. The molecule has 6 rings (SSSR count). The van der Waals surface area contributed by atoms with Crippen LogP contribution in [0.25, 0.3) is 5.76 Å². The summed E-state index contributed by atoms with van der Waals surface area (Å²) >= 11 is 2.77. The average molecular weight is 662 g/mol. The van der Waals surface area contributed by atoms with Crippen molar-refractivity contribution in [1.82, 2.24) is 10.2 Å². The molecule has 1 aromatic heterocycles. The molecule has 0 saturated carbocycles. The molecule has 1 N–H and O–H groups in total. The highest BCUT2D eigenvalue weighted by Gasteiger charge is 2.48. The summed E-state index contributed by atoms with van der Waals surface area (Å²) in [7, 11) is 0. The molecule has 0 bridgehead atoms. The number of amides is 1. The fourth-order valence-corrected chi connectivity index (χ4v) is 7.25. The van der Waals surface area contributed by atoms with Crippen molar-refractivity contribution < 1.29 is 19.4 Å². The minimum absolute atomic E-state index is 0.00443. The molecule has 1 amide bonds. The lowest BCUT2D eigenvalue weighted by Gasteiger charge is -2.23. The largest absolute Gasteiger partial charge is 0.507 e. The summed E-state index contributed by atoms with van der Waals surface area (Å²) in [6.45, 7) is 8.69. The zero-order chi connectivity index (χ0) is 33.1. The van der Waals surface area contributed by atoms with Gasteiger partial charge in [-0.3, -0.25) is 14.5 Å². The monoisotopic (exact) mass is 661 g/mol. The van der Waals surface area contributed by atoms with Gasteiger partial charge in [0, 0.05) is 11.3 Å². The van der Waals surface area contributed by atoms with E-state index in [1.165, 1.54) is 33.6 Å². The third-order valence-electron chi connectivity index (χ3n) is 8.06. The maximum atomic E-state index is 13.7. The van der Waals surface area contributed by atoms with Crippen LogP contribution in [-0.2, 0) is 21.9 Å². The van der Waals surface area contributed by atoms with E-state index in [1.54, 1.807) is 24.3 Å². The normalized spacial score (nSPS) is 15.9. The van der Waals surface area contributed by atoms with Crippen LogP contribution in [0.1, 0.15) is 64.8 Å². The van der Waals surface area contributed by atoms with Crippen molar-refractivity contribution in [3.05, 3.63) is 142 Å². The summed E-state index contributed by atoms with van der Waals surface area (Å²) in [5.41, 5.74) is 6.77. The Hall–Kier alpha value is -4.73. The molecule has 5 aromatic rings. The smallest absolute Gasteiger partial charge is 0.301 e. The SMILES string of the molecule is Cc1ccc(CSc2nnc(N3C(=O)C(=O)C(=C(O)c4ccc(OCc5cccc(C)c5)cc4)C3c3ccc(C(C)C)cc3)s2)cc1. The summed E-state index contributed by atoms with van der Waals surface area (Å²) in [6.07, 6.45) is 0. The molecule has 0 spiro atoms. The Morgan fingerprint density at radius 3 is 2.30 bits per heavy atom. The number of ether oxygens (including phenoxy) is 1. The van der Waals surface area contributed by atoms with E-state index in [2.05, 4.69) is 54.4 Å². The first-order chi connectivity index (χ1) is 22.7. The molecule has 0 radical (unpaired) electrons. The minimum Gasteiger partial charge on any atom is -0.507 e. The van der Waals surface area contributed by atoms with Crippen LogP contribution in [0.5, 0.6) is 5.75 Å². The van der Waals surface area contributed by atoms with Gasteiger partial charge in [-0.2, -0.15) is 0 Å². The second kappa shape index (κ2) is 13.9. The number of carbonyl (C=O) groups is 2. The summed E-state index contributed by atoms with van der Waals surface area (Å²) in [5.74, 6) is -0.170. The van der Waals surface area contributed by atoms with Gasteiger partial charge in [0.15, 0.2) is 4.34 Å². The number of benzene rings is 4. The van der Waals surface area contributed by atoms with Crippen LogP contribution in [0.15, 0.2) is 107 Å². The topological polar surface area (TPSA) is 92.6 Å². The Labute approximate surface area is 283 Å². The third-order valence-corrected chi connectivity index (χ3v) is 10.2. The van der Waals surface area contributed by atoms with Gasteiger partial charge in [-0.15, -0.1) is 10.2 Å². The van der Waals surface area contributed by atoms with Gasteiger partial charge in [0.05, 0.1) is 11.6 Å². The molecule has 1 saturated heterocycles. The zero-order valence-electron chi connectivity index (χ0n) is 26.6. The summed E-state index contributed by atoms with van der Waals surface area (Å²) in [4.78, 5) is 28.7. The van der Waals surface area contributed by atoms with Crippen molar-refractivity contribution in [3.8, 4) is 5.75 Å². The highest BCUT2D eigenvalue weighted by atomic mass is 32.2. The minimum atomic E-state index is -0.878. The Balaban J connectivity index is 1.31. The van der Waals surface area contributed by atoms with Gasteiger partial charge in [0.1, 0.15) is 18.1 Å². The molecule has 2 heterocycles. The molecule has 9 heteroatoms. The van der Waals surface area contributed by atoms with E-state index in [9.17, 15) is 14.7 Å². The Kier molecular flexibility index (Phi) is 9.56. The second-order valence-corrected chi connectivity index (χ2v) is 14.1. The van der Waals surface area contributed by atoms with Gasteiger partial charge in [0.25, 0.3) is 5.78 Å². The van der Waals surface area contributed by atoms with Crippen molar-refractivity contribution in [2.75, 3.05) is 4.90 Å². The van der Waals surface area contributed by atoms with Crippen molar-refractivity contribution in [2.24, 2.45) is 0 Å². The summed E-state index contributed by atoms with van der Waals surface area (Å²) < 4.78 is 6.63. The van der Waals surface area contributed by atoms with E-state index in [0.29, 0.717) is 44.6 Å². The molecule has 238 valence electrons. The number of rotatable bonds is 10. The predicted molar refractivity (Wildman–Crippen MR) is 188 cm³/mol. The number of ketones is 1. The van der Waals surface area contributed by atoms with Gasteiger partial charge >= 0.3 is 5.91 Å². The number of aliphatic hydroxyl groups excluding tert-OH is 1. The highest BCUT2D eigenvalue weighted by Crippen LogP contribution is 2.44. The fourth-order valence-electron chi connectivity index (χ4n) is 5.43. The first-order valence-corrected chi connectivity index (χ1v) is 17.2. The lowest BCUT2D eigenvalue weighted by molar-refractivity contribution is -0.132. The van der Waals surface area contributed by atoms with Crippen molar-refractivity contribution in [2.45, 2.75) is 56.4 Å². The number of aromatic nitrogens is 2. The molecule has 47 heavy (non-hydrogen) atoms. The Morgan fingerprint density at radius 2 is 1.62 bits per heavy atom. The van der Waals surface area contributed by atoms with Gasteiger partial charge in [-0.1, -0.05) is 121 Å². The fraction of sp³-hybridized carbons (Fsp3) is 0.211. The molecule has 1 aliphatic rings. The van der Waals surface area contributed by atoms with Crippen LogP contribution in [0.2, 0.25) is 0 Å². The molecular formula is C38H35N3O4S2. The van der Waals surface area contributed by atoms with Crippen LogP contribution in [0, 0.1) is 13.8 Å². The van der Waals surface area contributed by atoms with Crippen molar-refractivity contribution >= 4 is 45.7 Å². The third kappa shape index (κ3) is 7.16. The second-order valence-electron chi connectivity index (χ2n) is 11.9. The lowest BCUT2D eigenvalue weighted by Crippen LogP contribution is -2.29. The molecule has 1 atom stereocenters. The quantitative estimate of drug-likeness (QED) is 0.0526. The number of Topliss-reactive ketones (excluding diaryl/α,β-unsaturated/α-hetero) is 1. The van der Waals surface area contributed by atoms with Crippen LogP contribution < -0.4 is 9.64 Å². The highest BCUT2D eigenvalue weighted by molar-refractivity contribution is 8.00. The molecule has 1 unspecified atom stereocenters. The van der Waals surface area contributed by atoms with E-state index in [0.717, 1.165) is 22.3 Å². The molecule has 1 aliphatic heterocycles. The number of anilines is 1. The van der Waals surface area contributed by atoms with E-state index >= 15 is 0 Å². The van der Waals surface area contributed by atoms with Crippen molar-refractivity contribution in [3.63, 3.8) is 0 Å². The predicted octanol–water partition coefficient (Wildman–Crippen LogP) is 8.78. The molecular weight excluding hydrogens is 627 g/mol. The van der Waals surface area contributed by atoms with Gasteiger partial charge in [-0.05, 0) is 66.3 Å². The van der Waals surface area contributed by atoms with Gasteiger partial charge in [-0.25, -0.2) is 0 Å². The van der Waals surface area contributed by atoms with Crippen LogP contribution in [-0.4, -0.2) is 27.0 Å².